The van der Waals surface area contributed by atoms with Crippen LogP contribution in [0.15, 0.2) is 65.8 Å². The standard InChI is InChI=1S/C26H28N4O3/c1-26(2)22(18-7-4-3-5-8-18)30(25(32)33-26)20-11-9-17(10-12-20)21-15-19(16-29-24(21)31)23-27-13-6-14-28-23/h3-8,13-17,20,22H,9-12H2,1-2H3,(H,29,31). The third-order valence-corrected chi connectivity index (χ3v) is 6.90. The summed E-state index contributed by atoms with van der Waals surface area (Å²) in [5.74, 6) is 0.729. The van der Waals surface area contributed by atoms with Crippen molar-refractivity contribution in [3.8, 4) is 11.4 Å². The van der Waals surface area contributed by atoms with E-state index in [0.717, 1.165) is 42.4 Å². The molecule has 7 nitrogen and oxygen atoms in total. The molecule has 1 aliphatic heterocycles. The average molecular weight is 445 g/mol. The molecular weight excluding hydrogens is 416 g/mol. The number of nitrogens with zero attached hydrogens (tertiary/aromatic N) is 3. The van der Waals surface area contributed by atoms with Gasteiger partial charge in [-0.3, -0.25) is 9.69 Å². The van der Waals surface area contributed by atoms with Crippen molar-refractivity contribution in [2.24, 2.45) is 0 Å². The predicted octanol–water partition coefficient (Wildman–Crippen LogP) is 4.83. The number of amides is 1. The summed E-state index contributed by atoms with van der Waals surface area (Å²) in [5.41, 5.74) is 1.99. The van der Waals surface area contributed by atoms with Crippen molar-refractivity contribution in [3.63, 3.8) is 0 Å². The van der Waals surface area contributed by atoms with E-state index in [9.17, 15) is 9.59 Å². The molecular formula is C26H28N4O3. The van der Waals surface area contributed by atoms with Gasteiger partial charge in [-0.05, 0) is 63.1 Å². The van der Waals surface area contributed by atoms with E-state index in [0.29, 0.717) is 5.82 Å². The van der Waals surface area contributed by atoms with Gasteiger partial charge in [-0.1, -0.05) is 30.3 Å². The molecule has 2 fully saturated rings. The zero-order valence-corrected chi connectivity index (χ0v) is 18.9. The van der Waals surface area contributed by atoms with Crippen molar-refractivity contribution < 1.29 is 9.53 Å². The first kappa shape index (κ1) is 21.4. The van der Waals surface area contributed by atoms with Gasteiger partial charge >= 0.3 is 6.09 Å². The predicted molar refractivity (Wildman–Crippen MR) is 125 cm³/mol. The summed E-state index contributed by atoms with van der Waals surface area (Å²) >= 11 is 0. The maximum atomic E-state index is 12.9. The number of aromatic amines is 1. The van der Waals surface area contributed by atoms with Gasteiger partial charge in [0.2, 0.25) is 0 Å². The fraction of sp³-hybridized carbons (Fsp3) is 0.385. The van der Waals surface area contributed by atoms with Gasteiger partial charge in [-0.25, -0.2) is 14.8 Å². The third-order valence-electron chi connectivity index (χ3n) is 6.90. The van der Waals surface area contributed by atoms with Crippen LogP contribution in [0, 0.1) is 0 Å². The molecule has 33 heavy (non-hydrogen) atoms. The fourth-order valence-electron chi connectivity index (χ4n) is 5.38. The lowest BCUT2D eigenvalue weighted by atomic mass is 9.80. The van der Waals surface area contributed by atoms with Gasteiger partial charge in [0.1, 0.15) is 5.60 Å². The molecule has 1 saturated heterocycles. The number of hydrogen-bond acceptors (Lipinski definition) is 5. The Hall–Kier alpha value is -3.48. The first-order valence-corrected chi connectivity index (χ1v) is 11.5. The SMILES string of the molecule is CC1(C)OC(=O)N(C2CCC(c3cc(-c4ncccn4)c[nH]c3=O)CC2)C1c1ccccc1. The minimum Gasteiger partial charge on any atom is -0.441 e. The van der Waals surface area contributed by atoms with Crippen LogP contribution >= 0.6 is 0 Å². The van der Waals surface area contributed by atoms with Crippen molar-refractivity contribution in [2.45, 2.75) is 63.1 Å². The molecule has 1 aromatic carbocycles. The number of pyridine rings is 1. The molecule has 3 heterocycles. The Labute approximate surface area is 192 Å². The lowest BCUT2D eigenvalue weighted by molar-refractivity contribution is 0.0664. The highest BCUT2D eigenvalue weighted by Crippen LogP contribution is 2.45. The fourth-order valence-corrected chi connectivity index (χ4v) is 5.38. The molecule has 1 amide bonds. The number of ether oxygens (including phenoxy) is 1. The van der Waals surface area contributed by atoms with E-state index in [1.54, 1.807) is 24.7 Å². The molecule has 7 heteroatoms. The monoisotopic (exact) mass is 444 g/mol. The molecule has 1 aliphatic carbocycles. The highest BCUT2D eigenvalue weighted by molar-refractivity contribution is 5.72. The number of carbonyl (C=O) groups excluding carboxylic acids is 1. The third kappa shape index (κ3) is 4.03. The maximum Gasteiger partial charge on any atom is 0.411 e. The molecule has 1 saturated carbocycles. The first-order valence-electron chi connectivity index (χ1n) is 11.5. The van der Waals surface area contributed by atoms with E-state index in [-0.39, 0.29) is 29.7 Å². The molecule has 1 unspecified atom stereocenters. The van der Waals surface area contributed by atoms with Gasteiger partial charge in [0.25, 0.3) is 5.56 Å². The number of benzene rings is 1. The number of carbonyl (C=O) groups is 1. The van der Waals surface area contributed by atoms with Crippen LogP contribution in [0.1, 0.15) is 62.6 Å². The van der Waals surface area contributed by atoms with E-state index in [1.165, 1.54) is 0 Å². The largest absolute Gasteiger partial charge is 0.441 e. The van der Waals surface area contributed by atoms with Crippen LogP contribution < -0.4 is 5.56 Å². The van der Waals surface area contributed by atoms with Gasteiger partial charge in [-0.2, -0.15) is 0 Å². The van der Waals surface area contributed by atoms with E-state index >= 15 is 0 Å². The summed E-state index contributed by atoms with van der Waals surface area (Å²) in [6, 6.07) is 13.7. The number of nitrogens with one attached hydrogen (secondary N) is 1. The van der Waals surface area contributed by atoms with Crippen LogP contribution in [0.2, 0.25) is 0 Å². The van der Waals surface area contributed by atoms with Crippen molar-refractivity contribution >= 4 is 6.09 Å². The van der Waals surface area contributed by atoms with Crippen molar-refractivity contribution in [1.82, 2.24) is 19.9 Å². The van der Waals surface area contributed by atoms with Crippen LogP contribution in [-0.2, 0) is 4.74 Å². The molecule has 5 rings (SSSR count). The molecule has 2 aromatic heterocycles. The van der Waals surface area contributed by atoms with Gasteiger partial charge in [-0.15, -0.1) is 0 Å². The van der Waals surface area contributed by atoms with E-state index in [2.05, 4.69) is 27.1 Å². The van der Waals surface area contributed by atoms with Gasteiger partial charge < -0.3 is 9.72 Å². The Kier molecular flexibility index (Phi) is 5.48. The quantitative estimate of drug-likeness (QED) is 0.623. The second-order valence-corrected chi connectivity index (χ2v) is 9.44. The molecule has 0 bridgehead atoms. The highest BCUT2D eigenvalue weighted by atomic mass is 16.6. The molecule has 3 aromatic rings. The molecule has 0 radical (unpaired) electrons. The Morgan fingerprint density at radius 2 is 1.70 bits per heavy atom. The van der Waals surface area contributed by atoms with E-state index in [4.69, 9.17) is 4.74 Å². The highest BCUT2D eigenvalue weighted by Gasteiger charge is 2.51. The maximum absolute atomic E-state index is 12.9. The topological polar surface area (TPSA) is 88.2 Å². The Morgan fingerprint density at radius 1 is 1.00 bits per heavy atom. The van der Waals surface area contributed by atoms with Crippen molar-refractivity contribution in [3.05, 3.63) is 82.5 Å². The molecule has 1 N–H and O–H groups in total. The lowest BCUT2D eigenvalue weighted by Crippen LogP contribution is -2.42. The number of rotatable bonds is 4. The minimum atomic E-state index is -0.601. The Balaban J connectivity index is 1.36. The summed E-state index contributed by atoms with van der Waals surface area (Å²) in [6.45, 7) is 3.95. The van der Waals surface area contributed by atoms with E-state index in [1.807, 2.05) is 43.0 Å². The summed E-state index contributed by atoms with van der Waals surface area (Å²) in [4.78, 5) is 38.9. The molecule has 0 spiro atoms. The summed E-state index contributed by atoms with van der Waals surface area (Å²) in [5, 5.41) is 0. The van der Waals surface area contributed by atoms with Gasteiger partial charge in [0.05, 0.1) is 6.04 Å². The van der Waals surface area contributed by atoms with Crippen LogP contribution in [0.4, 0.5) is 4.79 Å². The molecule has 170 valence electrons. The number of H-pyrrole nitrogens is 1. The Bertz CT molecular complexity index is 1180. The number of hydrogen-bond donors (Lipinski definition) is 1. The Morgan fingerprint density at radius 3 is 2.39 bits per heavy atom. The van der Waals surface area contributed by atoms with Crippen molar-refractivity contribution in [2.75, 3.05) is 0 Å². The summed E-state index contributed by atoms with van der Waals surface area (Å²) in [6.07, 6.45) is 8.11. The second-order valence-electron chi connectivity index (χ2n) is 9.44. The normalized spacial score (nSPS) is 24.5. The van der Waals surface area contributed by atoms with Crippen LogP contribution in [-0.4, -0.2) is 37.6 Å². The van der Waals surface area contributed by atoms with Crippen molar-refractivity contribution in [1.29, 1.82) is 0 Å². The smallest absolute Gasteiger partial charge is 0.411 e. The summed E-state index contributed by atoms with van der Waals surface area (Å²) in [7, 11) is 0. The zero-order chi connectivity index (χ0) is 23.0. The first-order chi connectivity index (χ1) is 15.9. The van der Waals surface area contributed by atoms with Crippen LogP contribution in [0.3, 0.4) is 0 Å². The average Bonchev–Trinajstić information content (AvgIpc) is 3.08. The minimum absolute atomic E-state index is 0.0676. The van der Waals surface area contributed by atoms with E-state index < -0.39 is 5.60 Å². The summed E-state index contributed by atoms with van der Waals surface area (Å²) < 4.78 is 5.79. The molecule has 1 atom stereocenters. The number of aromatic nitrogens is 3. The van der Waals surface area contributed by atoms with Crippen LogP contribution in [0.5, 0.6) is 0 Å². The number of cyclic esters (lactones) is 1. The lowest BCUT2D eigenvalue weighted by Gasteiger charge is -2.38. The molecule has 2 aliphatic rings. The zero-order valence-electron chi connectivity index (χ0n) is 18.9. The van der Waals surface area contributed by atoms with Crippen LogP contribution in [0.25, 0.3) is 11.4 Å². The van der Waals surface area contributed by atoms with Gasteiger partial charge in [0, 0.05) is 35.8 Å². The second kappa shape index (κ2) is 8.46. The van der Waals surface area contributed by atoms with Gasteiger partial charge in [0.15, 0.2) is 5.82 Å².